The Labute approximate surface area is 95.3 Å². The van der Waals surface area contributed by atoms with Gasteiger partial charge in [-0.1, -0.05) is 13.0 Å². The van der Waals surface area contributed by atoms with Gasteiger partial charge in [0, 0.05) is 25.6 Å². The first-order valence-corrected chi connectivity index (χ1v) is 6.23. The lowest BCUT2D eigenvalue weighted by molar-refractivity contribution is 0.250. The molecular weight excluding hydrogens is 208 g/mol. The van der Waals surface area contributed by atoms with Crippen molar-refractivity contribution in [2.24, 2.45) is 5.92 Å². The van der Waals surface area contributed by atoms with Crippen molar-refractivity contribution in [2.45, 2.75) is 12.7 Å². The number of thioether (sulfide) groups is 1. The summed E-state index contributed by atoms with van der Waals surface area (Å²) < 4.78 is 0. The number of aliphatic hydroxyl groups excluding tert-OH is 1. The molecule has 0 bridgehead atoms. The first kappa shape index (κ1) is 12.3. The second-order valence-electron chi connectivity index (χ2n) is 3.60. The predicted octanol–water partition coefficient (Wildman–Crippen LogP) is 1.98. The van der Waals surface area contributed by atoms with Crippen LogP contribution in [-0.4, -0.2) is 29.5 Å². The van der Waals surface area contributed by atoms with E-state index in [1.54, 1.807) is 0 Å². The number of hydrogen-bond acceptors (Lipinski definition) is 4. The van der Waals surface area contributed by atoms with Crippen LogP contribution in [0.5, 0.6) is 0 Å². The van der Waals surface area contributed by atoms with Crippen molar-refractivity contribution in [3.63, 3.8) is 0 Å². The maximum Gasteiger partial charge on any atom is 0.125 e. The monoisotopic (exact) mass is 226 g/mol. The standard InChI is InChI=1S/C11H18N2OS/c1-9(6-14)7-15-8-10-3-4-11(12-2)13-5-10/h3-5,9,14H,6-8H2,1-2H3,(H,12,13). The molecule has 4 heteroatoms. The normalized spacial score (nSPS) is 12.5. The van der Waals surface area contributed by atoms with Crippen molar-refractivity contribution >= 4 is 17.6 Å². The van der Waals surface area contributed by atoms with Crippen molar-refractivity contribution in [2.75, 3.05) is 24.7 Å². The summed E-state index contributed by atoms with van der Waals surface area (Å²) >= 11 is 1.83. The van der Waals surface area contributed by atoms with Gasteiger partial charge < -0.3 is 10.4 Å². The Balaban J connectivity index is 2.31. The largest absolute Gasteiger partial charge is 0.396 e. The Bertz CT molecular complexity index is 276. The van der Waals surface area contributed by atoms with Crippen molar-refractivity contribution in [3.8, 4) is 0 Å². The molecule has 0 aliphatic heterocycles. The molecule has 0 fully saturated rings. The van der Waals surface area contributed by atoms with Crippen LogP contribution in [0.1, 0.15) is 12.5 Å². The maximum absolute atomic E-state index is 8.87. The minimum absolute atomic E-state index is 0.268. The molecule has 1 heterocycles. The van der Waals surface area contributed by atoms with Crippen molar-refractivity contribution in [1.29, 1.82) is 0 Å². The molecule has 1 rings (SSSR count). The molecule has 0 aliphatic rings. The molecule has 1 unspecified atom stereocenters. The van der Waals surface area contributed by atoms with E-state index in [1.807, 2.05) is 31.1 Å². The summed E-state index contributed by atoms with van der Waals surface area (Å²) in [7, 11) is 1.86. The van der Waals surface area contributed by atoms with E-state index < -0.39 is 0 Å². The number of hydrogen-bond donors (Lipinski definition) is 2. The van der Waals surface area contributed by atoms with Gasteiger partial charge in [0.15, 0.2) is 0 Å². The Morgan fingerprint density at radius 2 is 2.33 bits per heavy atom. The third-order valence-corrected chi connectivity index (χ3v) is 3.41. The SMILES string of the molecule is CNc1ccc(CSCC(C)CO)cn1. The topological polar surface area (TPSA) is 45.1 Å². The lowest BCUT2D eigenvalue weighted by Crippen LogP contribution is -2.03. The van der Waals surface area contributed by atoms with Crippen LogP contribution in [-0.2, 0) is 5.75 Å². The van der Waals surface area contributed by atoms with Crippen molar-refractivity contribution in [1.82, 2.24) is 4.98 Å². The van der Waals surface area contributed by atoms with E-state index in [0.717, 1.165) is 17.3 Å². The van der Waals surface area contributed by atoms with Crippen LogP contribution in [0.3, 0.4) is 0 Å². The minimum Gasteiger partial charge on any atom is -0.396 e. The zero-order valence-electron chi connectivity index (χ0n) is 9.23. The van der Waals surface area contributed by atoms with E-state index in [9.17, 15) is 0 Å². The summed E-state index contributed by atoms with van der Waals surface area (Å²) in [5, 5.41) is 11.9. The Hall–Kier alpha value is -0.740. The molecule has 1 aromatic heterocycles. The molecule has 0 saturated heterocycles. The average Bonchev–Trinajstić information content (AvgIpc) is 2.29. The molecule has 84 valence electrons. The van der Waals surface area contributed by atoms with E-state index in [1.165, 1.54) is 5.56 Å². The van der Waals surface area contributed by atoms with Crippen molar-refractivity contribution in [3.05, 3.63) is 23.9 Å². The average molecular weight is 226 g/mol. The molecular formula is C11H18N2OS. The fraction of sp³-hybridized carbons (Fsp3) is 0.545. The van der Waals surface area contributed by atoms with Gasteiger partial charge in [0.25, 0.3) is 0 Å². The Morgan fingerprint density at radius 3 is 2.87 bits per heavy atom. The summed E-state index contributed by atoms with van der Waals surface area (Å²) in [6, 6.07) is 4.06. The number of nitrogens with one attached hydrogen (secondary N) is 1. The fourth-order valence-corrected chi connectivity index (χ4v) is 2.12. The van der Waals surface area contributed by atoms with Crippen LogP contribution in [0, 0.1) is 5.92 Å². The van der Waals surface area contributed by atoms with E-state index in [-0.39, 0.29) is 6.61 Å². The summed E-state index contributed by atoms with van der Waals surface area (Å²) in [5.41, 5.74) is 1.23. The molecule has 1 atom stereocenters. The molecule has 0 radical (unpaired) electrons. The van der Waals surface area contributed by atoms with Crippen LogP contribution in [0.15, 0.2) is 18.3 Å². The zero-order chi connectivity index (χ0) is 11.1. The Kier molecular flexibility index (Phi) is 5.50. The highest BCUT2D eigenvalue weighted by atomic mass is 32.2. The minimum atomic E-state index is 0.268. The van der Waals surface area contributed by atoms with Gasteiger partial charge in [-0.3, -0.25) is 0 Å². The number of aliphatic hydroxyl groups is 1. The van der Waals surface area contributed by atoms with Crippen LogP contribution in [0.2, 0.25) is 0 Å². The van der Waals surface area contributed by atoms with E-state index in [2.05, 4.69) is 23.3 Å². The van der Waals surface area contributed by atoms with Crippen molar-refractivity contribution < 1.29 is 5.11 Å². The molecule has 0 aliphatic carbocycles. The second kappa shape index (κ2) is 6.69. The first-order valence-electron chi connectivity index (χ1n) is 5.07. The summed E-state index contributed by atoms with van der Waals surface area (Å²) in [6.07, 6.45) is 1.89. The van der Waals surface area contributed by atoms with Crippen LogP contribution < -0.4 is 5.32 Å². The molecule has 2 N–H and O–H groups in total. The van der Waals surface area contributed by atoms with E-state index >= 15 is 0 Å². The third kappa shape index (κ3) is 4.53. The van der Waals surface area contributed by atoms with Gasteiger partial charge in [-0.05, 0) is 23.3 Å². The zero-order valence-corrected chi connectivity index (χ0v) is 10.0. The molecule has 0 saturated carbocycles. The highest BCUT2D eigenvalue weighted by molar-refractivity contribution is 7.98. The number of pyridine rings is 1. The van der Waals surface area contributed by atoms with Gasteiger partial charge in [-0.15, -0.1) is 0 Å². The van der Waals surface area contributed by atoms with Gasteiger partial charge >= 0.3 is 0 Å². The third-order valence-electron chi connectivity index (χ3n) is 2.06. The highest BCUT2D eigenvalue weighted by Gasteiger charge is 2.00. The number of aromatic nitrogens is 1. The lowest BCUT2D eigenvalue weighted by Gasteiger charge is -2.07. The second-order valence-corrected chi connectivity index (χ2v) is 4.63. The molecule has 3 nitrogen and oxygen atoms in total. The molecule has 0 spiro atoms. The fourth-order valence-electron chi connectivity index (χ4n) is 1.09. The number of anilines is 1. The van der Waals surface area contributed by atoms with Gasteiger partial charge in [0.2, 0.25) is 0 Å². The van der Waals surface area contributed by atoms with Gasteiger partial charge in [0.1, 0.15) is 5.82 Å². The molecule has 0 aromatic carbocycles. The van der Waals surface area contributed by atoms with Crippen LogP contribution in [0.25, 0.3) is 0 Å². The van der Waals surface area contributed by atoms with Gasteiger partial charge in [-0.2, -0.15) is 11.8 Å². The Morgan fingerprint density at radius 1 is 1.53 bits per heavy atom. The smallest absolute Gasteiger partial charge is 0.125 e. The number of rotatable bonds is 6. The maximum atomic E-state index is 8.87. The first-order chi connectivity index (χ1) is 7.26. The van der Waals surface area contributed by atoms with Crippen LogP contribution in [0.4, 0.5) is 5.82 Å². The summed E-state index contributed by atoms with van der Waals surface area (Å²) in [6.45, 7) is 2.32. The molecule has 1 aromatic rings. The summed E-state index contributed by atoms with van der Waals surface area (Å²) in [4.78, 5) is 4.24. The number of nitrogens with zero attached hydrogens (tertiary/aromatic N) is 1. The van der Waals surface area contributed by atoms with Gasteiger partial charge in [0.05, 0.1) is 0 Å². The van der Waals surface area contributed by atoms with E-state index in [4.69, 9.17) is 5.11 Å². The van der Waals surface area contributed by atoms with Gasteiger partial charge in [-0.25, -0.2) is 4.98 Å². The quantitative estimate of drug-likeness (QED) is 0.778. The molecule has 15 heavy (non-hydrogen) atoms. The van der Waals surface area contributed by atoms with E-state index in [0.29, 0.717) is 5.92 Å². The van der Waals surface area contributed by atoms with Crippen LogP contribution >= 0.6 is 11.8 Å². The summed E-state index contributed by atoms with van der Waals surface area (Å²) in [5.74, 6) is 3.22. The predicted molar refractivity (Wildman–Crippen MR) is 66.2 cm³/mol. The molecule has 0 amide bonds. The highest BCUT2D eigenvalue weighted by Crippen LogP contribution is 2.15. The lowest BCUT2D eigenvalue weighted by atomic mass is 10.2.